The molecule has 0 fully saturated rings. The van der Waals surface area contributed by atoms with E-state index in [0.717, 1.165) is 0 Å². The van der Waals surface area contributed by atoms with Crippen molar-refractivity contribution in [3.8, 4) is 0 Å². The number of hydrogen-bond donors (Lipinski definition) is 8. The molecule has 0 aliphatic rings. The molecule has 2 rings (SSSR count). The Morgan fingerprint density at radius 2 is 1.47 bits per heavy atom. The first-order valence-corrected chi connectivity index (χ1v) is 10.8. The summed E-state index contributed by atoms with van der Waals surface area (Å²) >= 11 is 0. The van der Waals surface area contributed by atoms with E-state index in [2.05, 4.69) is 25.9 Å². The molecule has 0 aliphatic heterocycles. The van der Waals surface area contributed by atoms with E-state index in [1.54, 1.807) is 30.3 Å². The molecule has 0 spiro atoms. The van der Waals surface area contributed by atoms with E-state index < -0.39 is 66.9 Å². The maximum atomic E-state index is 13.2. The van der Waals surface area contributed by atoms with Crippen LogP contribution in [-0.4, -0.2) is 85.7 Å². The minimum atomic E-state index is -1.74. The number of aliphatic carboxylic acids is 2. The number of carbonyl (C=O) groups is 5. The molecule has 14 nitrogen and oxygen atoms in total. The highest BCUT2D eigenvalue weighted by Crippen LogP contribution is 2.07. The Labute approximate surface area is 205 Å². The van der Waals surface area contributed by atoms with Crippen LogP contribution in [0.4, 0.5) is 0 Å². The first-order valence-electron chi connectivity index (χ1n) is 10.8. The van der Waals surface area contributed by atoms with Crippen LogP contribution in [0.5, 0.6) is 0 Å². The average molecular weight is 505 g/mol. The first kappa shape index (κ1) is 27.9. The highest BCUT2D eigenvalue weighted by molar-refractivity contribution is 5.94. The maximum absolute atomic E-state index is 13.2. The van der Waals surface area contributed by atoms with E-state index in [4.69, 9.17) is 15.9 Å². The summed E-state index contributed by atoms with van der Waals surface area (Å²) in [5.74, 6) is -5.55. The summed E-state index contributed by atoms with van der Waals surface area (Å²) in [5.41, 5.74) is 6.65. The number of aliphatic hydroxyl groups is 1. The lowest BCUT2D eigenvalue weighted by molar-refractivity contribution is -0.147. The second-order valence-corrected chi connectivity index (χ2v) is 7.88. The zero-order chi connectivity index (χ0) is 26.7. The fourth-order valence-electron chi connectivity index (χ4n) is 3.17. The lowest BCUT2D eigenvalue weighted by atomic mass is 10.0. The number of hydrogen-bond acceptors (Lipinski definition) is 8. The van der Waals surface area contributed by atoms with Gasteiger partial charge in [0.15, 0.2) is 0 Å². The van der Waals surface area contributed by atoms with Crippen molar-refractivity contribution in [1.29, 1.82) is 0 Å². The maximum Gasteiger partial charge on any atom is 0.326 e. The van der Waals surface area contributed by atoms with Gasteiger partial charge in [0.25, 0.3) is 0 Å². The van der Waals surface area contributed by atoms with Crippen LogP contribution >= 0.6 is 0 Å². The number of carboxylic acid groups (broad SMARTS) is 2. The van der Waals surface area contributed by atoms with Crippen LogP contribution in [-0.2, 0) is 36.8 Å². The van der Waals surface area contributed by atoms with Crippen LogP contribution < -0.4 is 21.7 Å². The predicted octanol–water partition coefficient (Wildman–Crippen LogP) is -2.47. The van der Waals surface area contributed by atoms with Crippen molar-refractivity contribution in [2.24, 2.45) is 5.73 Å². The van der Waals surface area contributed by atoms with Gasteiger partial charge in [-0.3, -0.25) is 19.2 Å². The van der Waals surface area contributed by atoms with E-state index in [9.17, 15) is 29.1 Å². The number of nitrogens with one attached hydrogen (secondary N) is 4. The van der Waals surface area contributed by atoms with E-state index in [1.807, 2.05) is 0 Å². The third-order valence-electron chi connectivity index (χ3n) is 5.05. The molecular weight excluding hydrogens is 476 g/mol. The number of nitrogens with two attached hydrogens (primary N) is 1. The second kappa shape index (κ2) is 13.6. The van der Waals surface area contributed by atoms with Crippen LogP contribution in [0, 0.1) is 0 Å². The fourth-order valence-corrected chi connectivity index (χ4v) is 3.17. The van der Waals surface area contributed by atoms with Crippen molar-refractivity contribution >= 4 is 29.7 Å². The SMILES string of the molecule is NC(CO)C(=O)NC(Cc1ccccc1)C(=O)NC(Cc1cnc[nH]1)C(=O)NC(CC(=O)O)C(=O)O. The summed E-state index contributed by atoms with van der Waals surface area (Å²) in [6, 6.07) is 3.08. The summed E-state index contributed by atoms with van der Waals surface area (Å²) in [5, 5.41) is 34.4. The quantitative estimate of drug-likeness (QED) is 0.135. The van der Waals surface area contributed by atoms with Crippen molar-refractivity contribution < 1.29 is 39.3 Å². The van der Waals surface area contributed by atoms with Gasteiger partial charge in [0.05, 0.1) is 19.4 Å². The van der Waals surface area contributed by atoms with Crippen LogP contribution in [0.2, 0.25) is 0 Å². The van der Waals surface area contributed by atoms with Gasteiger partial charge in [0.1, 0.15) is 24.2 Å². The van der Waals surface area contributed by atoms with E-state index in [0.29, 0.717) is 11.3 Å². The van der Waals surface area contributed by atoms with Gasteiger partial charge in [-0.2, -0.15) is 0 Å². The molecule has 0 saturated carbocycles. The van der Waals surface area contributed by atoms with Crippen molar-refractivity contribution in [3.63, 3.8) is 0 Å². The number of carboxylic acids is 2. The summed E-state index contributed by atoms with van der Waals surface area (Å²) in [4.78, 5) is 67.4. The van der Waals surface area contributed by atoms with Gasteiger partial charge in [-0.25, -0.2) is 9.78 Å². The Bertz CT molecular complexity index is 1050. The minimum absolute atomic E-state index is 0.0196. The highest BCUT2D eigenvalue weighted by atomic mass is 16.4. The number of amides is 3. The molecule has 1 aromatic heterocycles. The lowest BCUT2D eigenvalue weighted by Crippen LogP contribution is -2.58. The molecule has 1 heterocycles. The Morgan fingerprint density at radius 3 is 2.00 bits per heavy atom. The van der Waals surface area contributed by atoms with Crippen molar-refractivity contribution in [2.45, 2.75) is 43.4 Å². The summed E-state index contributed by atoms with van der Waals surface area (Å²) in [6.45, 7) is -0.656. The molecule has 14 heteroatoms. The van der Waals surface area contributed by atoms with Crippen LogP contribution in [0.3, 0.4) is 0 Å². The van der Waals surface area contributed by atoms with Gasteiger partial charge < -0.3 is 42.0 Å². The Kier molecular flexibility index (Phi) is 10.5. The average Bonchev–Trinajstić information content (AvgIpc) is 3.35. The number of imidazole rings is 1. The third-order valence-corrected chi connectivity index (χ3v) is 5.05. The monoisotopic (exact) mass is 504 g/mol. The third kappa shape index (κ3) is 8.81. The minimum Gasteiger partial charge on any atom is -0.481 e. The molecule has 0 aliphatic carbocycles. The summed E-state index contributed by atoms with van der Waals surface area (Å²) in [6.07, 6.45) is 1.73. The van der Waals surface area contributed by atoms with Crippen molar-refractivity contribution in [2.75, 3.05) is 6.61 Å². The van der Waals surface area contributed by atoms with Crippen LogP contribution in [0.15, 0.2) is 42.9 Å². The van der Waals surface area contributed by atoms with Crippen molar-refractivity contribution in [1.82, 2.24) is 25.9 Å². The zero-order valence-electron chi connectivity index (χ0n) is 19.1. The Balaban J connectivity index is 2.26. The van der Waals surface area contributed by atoms with Gasteiger partial charge in [-0.1, -0.05) is 30.3 Å². The standard InChI is InChI=1S/C22H28N6O8/c23-14(10-29)19(32)26-15(6-12-4-2-1-3-5-12)20(33)27-16(7-13-9-24-11-25-13)21(34)28-17(22(35)36)8-18(30)31/h1-5,9,11,14-17,29H,6-8,10,23H2,(H,24,25)(H,26,32)(H,27,33)(H,28,34)(H,30,31)(H,35,36). The largest absolute Gasteiger partial charge is 0.481 e. The van der Waals surface area contributed by atoms with Crippen LogP contribution in [0.1, 0.15) is 17.7 Å². The van der Waals surface area contributed by atoms with Crippen molar-refractivity contribution in [3.05, 3.63) is 54.1 Å². The number of rotatable bonds is 14. The normalized spacial score (nSPS) is 14.1. The number of aromatic amines is 1. The molecular formula is C22H28N6O8. The molecule has 9 N–H and O–H groups in total. The number of nitrogens with zero attached hydrogens (tertiary/aromatic N) is 1. The molecule has 4 unspecified atom stereocenters. The predicted molar refractivity (Wildman–Crippen MR) is 123 cm³/mol. The molecule has 0 radical (unpaired) electrons. The number of H-pyrrole nitrogens is 1. The lowest BCUT2D eigenvalue weighted by Gasteiger charge is -2.25. The van der Waals surface area contributed by atoms with Gasteiger partial charge in [0, 0.05) is 24.7 Å². The first-order chi connectivity index (χ1) is 17.1. The molecule has 36 heavy (non-hydrogen) atoms. The summed E-state index contributed by atoms with van der Waals surface area (Å²) in [7, 11) is 0. The molecule has 2 aromatic rings. The number of benzene rings is 1. The van der Waals surface area contributed by atoms with E-state index in [1.165, 1.54) is 12.5 Å². The molecule has 3 amide bonds. The smallest absolute Gasteiger partial charge is 0.326 e. The number of carbonyl (C=O) groups excluding carboxylic acids is 3. The van der Waals surface area contributed by atoms with Gasteiger partial charge >= 0.3 is 11.9 Å². The molecule has 1 aromatic carbocycles. The Morgan fingerprint density at radius 1 is 0.889 bits per heavy atom. The molecule has 194 valence electrons. The molecule has 4 atom stereocenters. The topological polar surface area (TPSA) is 237 Å². The van der Waals surface area contributed by atoms with E-state index >= 15 is 0 Å². The zero-order valence-corrected chi connectivity index (χ0v) is 19.1. The summed E-state index contributed by atoms with van der Waals surface area (Å²) < 4.78 is 0. The van der Waals surface area contributed by atoms with Crippen LogP contribution in [0.25, 0.3) is 0 Å². The van der Waals surface area contributed by atoms with Gasteiger partial charge in [-0.05, 0) is 5.56 Å². The highest BCUT2D eigenvalue weighted by Gasteiger charge is 2.31. The Hall–Kier alpha value is -4.30. The van der Waals surface area contributed by atoms with Gasteiger partial charge in [-0.15, -0.1) is 0 Å². The van der Waals surface area contributed by atoms with E-state index in [-0.39, 0.29) is 12.8 Å². The second-order valence-electron chi connectivity index (χ2n) is 7.88. The van der Waals surface area contributed by atoms with Gasteiger partial charge in [0.2, 0.25) is 17.7 Å². The fraction of sp³-hybridized carbons (Fsp3) is 0.364. The number of aliphatic hydroxyl groups excluding tert-OH is 1. The molecule has 0 saturated heterocycles. The molecule has 0 bridgehead atoms. The number of aromatic nitrogens is 2.